The van der Waals surface area contributed by atoms with Crippen LogP contribution in [0.1, 0.15) is 5.56 Å². The lowest BCUT2D eigenvalue weighted by molar-refractivity contribution is -0.115. The summed E-state index contributed by atoms with van der Waals surface area (Å²) >= 11 is 0. The maximum Gasteiger partial charge on any atom is 0.228 e. The molecule has 0 saturated carbocycles. The van der Waals surface area contributed by atoms with E-state index in [1.54, 1.807) is 7.11 Å². The highest BCUT2D eigenvalue weighted by Gasteiger charge is 2.11. The number of hydrogen-bond acceptors (Lipinski definition) is 4. The highest BCUT2D eigenvalue weighted by atomic mass is 16.5. The molecule has 24 heavy (non-hydrogen) atoms. The lowest BCUT2D eigenvalue weighted by Crippen LogP contribution is -2.36. The zero-order valence-electron chi connectivity index (χ0n) is 13.8. The Morgan fingerprint density at radius 2 is 1.75 bits per heavy atom. The molecule has 0 atom stereocenters. The van der Waals surface area contributed by atoms with Gasteiger partial charge in [0.15, 0.2) is 0 Å². The van der Waals surface area contributed by atoms with Crippen LogP contribution >= 0.6 is 0 Å². The van der Waals surface area contributed by atoms with Crippen molar-refractivity contribution in [3.63, 3.8) is 0 Å². The quantitative estimate of drug-likeness (QED) is 0.918. The molecule has 0 spiro atoms. The average molecular weight is 326 g/mol. The third-order valence-corrected chi connectivity index (χ3v) is 4.05. The Bertz CT molecular complexity index is 662. The third kappa shape index (κ3) is 4.26. The minimum absolute atomic E-state index is 0.0284. The minimum Gasteiger partial charge on any atom is -0.497 e. The number of carbonyl (C=O) groups excluding carboxylic acids is 1. The van der Waals surface area contributed by atoms with E-state index in [1.165, 1.54) is 0 Å². The number of rotatable bonds is 5. The molecular weight excluding hydrogens is 304 g/mol. The molecule has 3 rings (SSSR count). The lowest BCUT2D eigenvalue weighted by atomic mass is 10.1. The number of carbonyl (C=O) groups is 1. The molecule has 2 aromatic carbocycles. The second-order valence-electron chi connectivity index (χ2n) is 5.72. The van der Waals surface area contributed by atoms with Crippen molar-refractivity contribution in [1.29, 1.82) is 0 Å². The predicted molar refractivity (Wildman–Crippen MR) is 94.8 cm³/mol. The Labute approximate surface area is 142 Å². The maximum absolute atomic E-state index is 12.2. The highest BCUT2D eigenvalue weighted by Crippen LogP contribution is 2.19. The summed E-state index contributed by atoms with van der Waals surface area (Å²) in [6, 6.07) is 15.5. The molecular formula is C19H22N2O3. The zero-order chi connectivity index (χ0) is 16.8. The second-order valence-corrected chi connectivity index (χ2v) is 5.72. The van der Waals surface area contributed by atoms with Crippen LogP contribution in [-0.2, 0) is 16.0 Å². The molecule has 1 amide bonds. The minimum atomic E-state index is -0.0284. The maximum atomic E-state index is 12.2. The van der Waals surface area contributed by atoms with E-state index in [0.717, 1.165) is 49.0 Å². The van der Waals surface area contributed by atoms with Crippen LogP contribution in [0.2, 0.25) is 0 Å². The number of benzene rings is 2. The smallest absolute Gasteiger partial charge is 0.228 e. The number of methoxy groups -OCH3 is 1. The first kappa shape index (κ1) is 16.3. The summed E-state index contributed by atoms with van der Waals surface area (Å²) in [7, 11) is 1.63. The monoisotopic (exact) mass is 326 g/mol. The topological polar surface area (TPSA) is 50.8 Å². The standard InChI is InChI=1S/C19H22N2O3/c1-23-18-8-2-15(3-9-18)14-19(22)20-16-4-6-17(7-5-16)21-10-12-24-13-11-21/h2-9H,10-14H2,1H3,(H,20,22). The van der Waals surface area contributed by atoms with Gasteiger partial charge in [-0.2, -0.15) is 0 Å². The molecule has 0 aromatic heterocycles. The molecule has 2 aromatic rings. The number of ether oxygens (including phenoxy) is 2. The van der Waals surface area contributed by atoms with E-state index in [4.69, 9.17) is 9.47 Å². The number of anilines is 2. The van der Waals surface area contributed by atoms with Crippen molar-refractivity contribution in [1.82, 2.24) is 0 Å². The van der Waals surface area contributed by atoms with Crippen LogP contribution < -0.4 is 15.0 Å². The Kier molecular flexibility index (Phi) is 5.33. The van der Waals surface area contributed by atoms with Gasteiger partial charge in [0.1, 0.15) is 5.75 Å². The van der Waals surface area contributed by atoms with Crippen LogP contribution in [0.15, 0.2) is 48.5 Å². The molecule has 1 N–H and O–H groups in total. The number of hydrogen-bond donors (Lipinski definition) is 1. The summed E-state index contributed by atoms with van der Waals surface area (Å²) in [5.41, 5.74) is 2.93. The molecule has 126 valence electrons. The van der Waals surface area contributed by atoms with Crippen LogP contribution in [0.3, 0.4) is 0 Å². The first-order chi connectivity index (χ1) is 11.7. The van der Waals surface area contributed by atoms with Gasteiger partial charge in [-0.3, -0.25) is 4.79 Å². The molecule has 0 aliphatic carbocycles. The molecule has 1 heterocycles. The predicted octanol–water partition coefficient (Wildman–Crippen LogP) is 2.71. The summed E-state index contributed by atoms with van der Waals surface area (Å²) in [4.78, 5) is 14.4. The van der Waals surface area contributed by atoms with Crippen molar-refractivity contribution in [3.05, 3.63) is 54.1 Å². The lowest BCUT2D eigenvalue weighted by Gasteiger charge is -2.28. The fourth-order valence-corrected chi connectivity index (χ4v) is 2.71. The summed E-state index contributed by atoms with van der Waals surface area (Å²) in [5, 5.41) is 2.94. The van der Waals surface area contributed by atoms with Gasteiger partial charge in [-0.15, -0.1) is 0 Å². The molecule has 0 bridgehead atoms. The highest BCUT2D eigenvalue weighted by molar-refractivity contribution is 5.92. The van der Waals surface area contributed by atoms with Gasteiger partial charge in [0, 0.05) is 24.5 Å². The zero-order valence-corrected chi connectivity index (χ0v) is 13.8. The fourth-order valence-electron chi connectivity index (χ4n) is 2.71. The summed E-state index contributed by atoms with van der Waals surface area (Å²) in [6.45, 7) is 3.34. The molecule has 1 saturated heterocycles. The van der Waals surface area contributed by atoms with E-state index in [-0.39, 0.29) is 5.91 Å². The Balaban J connectivity index is 1.55. The summed E-state index contributed by atoms with van der Waals surface area (Å²) < 4.78 is 10.5. The second kappa shape index (κ2) is 7.84. The number of nitrogens with zero attached hydrogens (tertiary/aromatic N) is 1. The van der Waals surface area contributed by atoms with E-state index in [2.05, 4.69) is 10.2 Å². The molecule has 0 radical (unpaired) electrons. The van der Waals surface area contributed by atoms with Gasteiger partial charge in [0.25, 0.3) is 0 Å². The van der Waals surface area contributed by atoms with Crippen LogP contribution in [0, 0.1) is 0 Å². The first-order valence-corrected chi connectivity index (χ1v) is 8.10. The van der Waals surface area contributed by atoms with Crippen LogP contribution in [0.5, 0.6) is 5.75 Å². The fraction of sp³-hybridized carbons (Fsp3) is 0.316. The van der Waals surface area contributed by atoms with Gasteiger partial charge >= 0.3 is 0 Å². The van der Waals surface area contributed by atoms with Crippen molar-refractivity contribution in [2.45, 2.75) is 6.42 Å². The Morgan fingerprint density at radius 1 is 1.08 bits per heavy atom. The van der Waals surface area contributed by atoms with Crippen molar-refractivity contribution < 1.29 is 14.3 Å². The van der Waals surface area contributed by atoms with Gasteiger partial charge in [0.05, 0.1) is 26.7 Å². The Hall–Kier alpha value is -2.53. The molecule has 1 aliphatic rings. The van der Waals surface area contributed by atoms with Crippen molar-refractivity contribution in [3.8, 4) is 5.75 Å². The van der Waals surface area contributed by atoms with Gasteiger partial charge in [-0.1, -0.05) is 12.1 Å². The van der Waals surface area contributed by atoms with Crippen LogP contribution in [-0.4, -0.2) is 39.3 Å². The van der Waals surface area contributed by atoms with Crippen molar-refractivity contribution >= 4 is 17.3 Å². The Morgan fingerprint density at radius 3 is 2.38 bits per heavy atom. The van der Waals surface area contributed by atoms with E-state index < -0.39 is 0 Å². The van der Waals surface area contributed by atoms with Gasteiger partial charge in [-0.25, -0.2) is 0 Å². The van der Waals surface area contributed by atoms with Crippen molar-refractivity contribution in [2.75, 3.05) is 43.6 Å². The largest absolute Gasteiger partial charge is 0.497 e. The summed E-state index contributed by atoms with van der Waals surface area (Å²) in [5.74, 6) is 0.761. The molecule has 1 aliphatic heterocycles. The number of morpholine rings is 1. The van der Waals surface area contributed by atoms with E-state index >= 15 is 0 Å². The van der Waals surface area contributed by atoms with E-state index in [1.807, 2.05) is 48.5 Å². The number of nitrogens with one attached hydrogen (secondary N) is 1. The first-order valence-electron chi connectivity index (χ1n) is 8.10. The number of amides is 1. The summed E-state index contributed by atoms with van der Waals surface area (Å²) in [6.07, 6.45) is 0.342. The molecule has 0 unspecified atom stereocenters. The van der Waals surface area contributed by atoms with E-state index in [0.29, 0.717) is 6.42 Å². The molecule has 5 heteroatoms. The van der Waals surface area contributed by atoms with Crippen LogP contribution in [0.4, 0.5) is 11.4 Å². The van der Waals surface area contributed by atoms with E-state index in [9.17, 15) is 4.79 Å². The van der Waals surface area contributed by atoms with Crippen LogP contribution in [0.25, 0.3) is 0 Å². The molecule has 1 fully saturated rings. The molecule has 5 nitrogen and oxygen atoms in total. The van der Waals surface area contributed by atoms with Gasteiger partial charge in [0.2, 0.25) is 5.91 Å². The van der Waals surface area contributed by atoms with Gasteiger partial charge in [-0.05, 0) is 42.0 Å². The van der Waals surface area contributed by atoms with Crippen molar-refractivity contribution in [2.24, 2.45) is 0 Å². The average Bonchev–Trinajstić information content (AvgIpc) is 2.64. The SMILES string of the molecule is COc1ccc(CC(=O)Nc2ccc(N3CCOCC3)cc2)cc1. The third-order valence-electron chi connectivity index (χ3n) is 4.05. The normalized spacial score (nSPS) is 14.3. The van der Waals surface area contributed by atoms with Gasteiger partial charge < -0.3 is 19.7 Å².